The van der Waals surface area contributed by atoms with Crippen LogP contribution in [0, 0.1) is 11.3 Å². The van der Waals surface area contributed by atoms with Crippen molar-refractivity contribution in [1.29, 1.82) is 5.26 Å². The maximum Gasteiger partial charge on any atom is 0.153 e. The third kappa shape index (κ3) is 4.98. The van der Waals surface area contributed by atoms with Crippen molar-refractivity contribution in [2.75, 3.05) is 4.90 Å². The molecule has 1 aliphatic carbocycles. The summed E-state index contributed by atoms with van der Waals surface area (Å²) in [7, 11) is 0. The molecule has 1 aliphatic heterocycles. The first-order chi connectivity index (χ1) is 31.7. The van der Waals surface area contributed by atoms with Gasteiger partial charge in [-0.15, -0.1) is 0 Å². The molecule has 0 amide bonds. The molecule has 0 saturated heterocycles. The molecule has 0 bridgehead atoms. The Balaban J connectivity index is 1.16. The van der Waals surface area contributed by atoms with Gasteiger partial charge >= 0.3 is 0 Å². The van der Waals surface area contributed by atoms with E-state index in [1.807, 2.05) is 18.2 Å². The number of nitriles is 1. The van der Waals surface area contributed by atoms with Crippen molar-refractivity contribution in [1.82, 2.24) is 4.57 Å². The maximum atomic E-state index is 10.2. The van der Waals surface area contributed by atoms with Crippen molar-refractivity contribution in [2.45, 2.75) is 5.41 Å². The zero-order valence-electron chi connectivity index (χ0n) is 34.6. The highest BCUT2D eigenvalue weighted by atomic mass is 16.5. The van der Waals surface area contributed by atoms with Gasteiger partial charge in [0, 0.05) is 33.5 Å². The Labute approximate surface area is 370 Å². The number of ether oxygens (including phenoxy) is 1. The smallest absolute Gasteiger partial charge is 0.153 e. The number of aromatic nitrogens is 1. The second-order valence-electron chi connectivity index (χ2n) is 16.7. The Kier molecular flexibility index (Phi) is 7.85. The Bertz CT molecular complexity index is 3680. The lowest BCUT2D eigenvalue weighted by Gasteiger charge is -2.37. The first-order valence-electron chi connectivity index (χ1n) is 21.7. The molecule has 10 aromatic carbocycles. The number of nitrogens with zero attached hydrogens (tertiary/aromatic N) is 3. The van der Waals surface area contributed by atoms with Crippen LogP contribution in [0.1, 0.15) is 27.8 Å². The number of rotatable bonds is 5. The molecule has 298 valence electrons. The molecule has 0 fully saturated rings. The Morgan fingerprint density at radius 3 is 1.72 bits per heavy atom. The van der Waals surface area contributed by atoms with E-state index in [-0.39, 0.29) is 0 Å². The lowest BCUT2D eigenvalue weighted by molar-refractivity contribution is 0.477. The highest BCUT2D eigenvalue weighted by molar-refractivity contribution is 6.13. The fourth-order valence-electron chi connectivity index (χ4n) is 11.0. The number of fused-ring (bicyclic) bond motifs is 9. The highest BCUT2D eigenvalue weighted by Crippen LogP contribution is 2.61. The standard InChI is InChI=1S/C60H37N3O/c61-38-39-18-14-27-44-43(39)26-15-28-45(44)47-29-16-30-48-49-31-17-34-53(59(49)60(58(47)48,40-19-4-1-5-20-40)41-21-6-2-7-22-41)63-51-32-11-10-25-46(51)50-36-55-57(37-54(50)63)64-56-35-13-12-33-52(56)62(55)42-23-8-3-9-24-42/h1-37H. The molecule has 0 unspecified atom stereocenters. The summed E-state index contributed by atoms with van der Waals surface area (Å²) in [6.07, 6.45) is 0. The molecule has 0 N–H and O–H groups in total. The number of anilines is 3. The van der Waals surface area contributed by atoms with E-state index in [4.69, 9.17) is 4.74 Å². The number of hydrogen-bond acceptors (Lipinski definition) is 3. The van der Waals surface area contributed by atoms with Crippen LogP contribution in [0.5, 0.6) is 11.5 Å². The van der Waals surface area contributed by atoms with Crippen LogP contribution in [0.3, 0.4) is 0 Å². The molecule has 0 spiro atoms. The SMILES string of the molecule is N#Cc1cccc2c(-c3cccc4c3C(c3ccccc3)(c3ccccc3)c3c-4cccc3-n3c4ccccc4c4cc5c(cc43)Oc3ccccc3N5c3ccccc3)cccc12. The maximum absolute atomic E-state index is 10.2. The van der Waals surface area contributed by atoms with Gasteiger partial charge in [0.2, 0.25) is 0 Å². The minimum atomic E-state index is -0.763. The first kappa shape index (κ1) is 36.0. The number of benzene rings is 10. The molecule has 4 heteroatoms. The van der Waals surface area contributed by atoms with Gasteiger partial charge in [-0.2, -0.15) is 5.26 Å². The van der Waals surface area contributed by atoms with Crippen LogP contribution in [0.15, 0.2) is 224 Å². The van der Waals surface area contributed by atoms with Crippen molar-refractivity contribution in [3.63, 3.8) is 0 Å². The molecule has 0 atom stereocenters. The van der Waals surface area contributed by atoms with Crippen LogP contribution in [-0.2, 0) is 5.41 Å². The van der Waals surface area contributed by atoms with Gasteiger partial charge in [0.15, 0.2) is 11.5 Å². The van der Waals surface area contributed by atoms with Crippen LogP contribution < -0.4 is 9.64 Å². The lowest BCUT2D eigenvalue weighted by atomic mass is 9.65. The van der Waals surface area contributed by atoms with E-state index in [1.165, 1.54) is 33.4 Å². The van der Waals surface area contributed by atoms with Crippen molar-refractivity contribution in [3.8, 4) is 45.5 Å². The fraction of sp³-hybridized carbons (Fsp3) is 0.0167. The van der Waals surface area contributed by atoms with Gasteiger partial charge in [-0.05, 0) is 92.9 Å². The summed E-state index contributed by atoms with van der Waals surface area (Å²) < 4.78 is 9.36. The molecule has 0 saturated carbocycles. The molecular formula is C60H37N3O. The van der Waals surface area contributed by atoms with Gasteiger partial charge < -0.3 is 14.2 Å². The summed E-state index contributed by atoms with van der Waals surface area (Å²) in [5.74, 6) is 1.61. The lowest BCUT2D eigenvalue weighted by Crippen LogP contribution is -2.30. The second-order valence-corrected chi connectivity index (χ2v) is 16.7. The van der Waals surface area contributed by atoms with Gasteiger partial charge in [0.05, 0.1) is 45.1 Å². The molecule has 64 heavy (non-hydrogen) atoms. The minimum absolute atomic E-state index is 0.669. The van der Waals surface area contributed by atoms with Crippen molar-refractivity contribution in [3.05, 3.63) is 252 Å². The predicted octanol–water partition coefficient (Wildman–Crippen LogP) is 15.4. The van der Waals surface area contributed by atoms with E-state index < -0.39 is 5.41 Å². The Morgan fingerprint density at radius 1 is 0.391 bits per heavy atom. The number of hydrogen-bond donors (Lipinski definition) is 0. The monoisotopic (exact) mass is 815 g/mol. The quantitative estimate of drug-likeness (QED) is 0.174. The minimum Gasteiger partial charge on any atom is -0.453 e. The van der Waals surface area contributed by atoms with Gasteiger partial charge in [-0.25, -0.2) is 0 Å². The van der Waals surface area contributed by atoms with Gasteiger partial charge in [-0.1, -0.05) is 170 Å². The summed E-state index contributed by atoms with van der Waals surface area (Å²) in [6, 6.07) is 82.8. The average Bonchev–Trinajstić information content (AvgIpc) is 3.86. The van der Waals surface area contributed by atoms with E-state index in [0.29, 0.717) is 5.56 Å². The largest absolute Gasteiger partial charge is 0.453 e. The van der Waals surface area contributed by atoms with Crippen LogP contribution in [-0.4, -0.2) is 4.57 Å². The van der Waals surface area contributed by atoms with E-state index >= 15 is 0 Å². The first-order valence-corrected chi connectivity index (χ1v) is 21.7. The van der Waals surface area contributed by atoms with E-state index in [1.54, 1.807) is 0 Å². The molecule has 1 aromatic heterocycles. The van der Waals surface area contributed by atoms with E-state index in [9.17, 15) is 5.26 Å². The Hall–Kier alpha value is -8.65. The predicted molar refractivity (Wildman–Crippen MR) is 260 cm³/mol. The molecule has 13 rings (SSSR count). The summed E-state index contributed by atoms with van der Waals surface area (Å²) in [4.78, 5) is 2.32. The summed E-state index contributed by atoms with van der Waals surface area (Å²) in [6.45, 7) is 0. The van der Waals surface area contributed by atoms with Crippen LogP contribution >= 0.6 is 0 Å². The number of para-hydroxylation sites is 4. The summed E-state index contributed by atoms with van der Waals surface area (Å²) >= 11 is 0. The highest BCUT2D eigenvalue weighted by Gasteiger charge is 2.49. The molecule has 2 heterocycles. The second kappa shape index (κ2) is 13.9. The van der Waals surface area contributed by atoms with Crippen molar-refractivity contribution in [2.24, 2.45) is 0 Å². The third-order valence-electron chi connectivity index (χ3n) is 13.5. The zero-order chi connectivity index (χ0) is 42.4. The van der Waals surface area contributed by atoms with Gasteiger partial charge in [-0.3, -0.25) is 0 Å². The normalized spacial score (nSPS) is 13.2. The van der Waals surface area contributed by atoms with Crippen LogP contribution in [0.25, 0.3) is 60.5 Å². The van der Waals surface area contributed by atoms with Gasteiger partial charge in [0.1, 0.15) is 0 Å². The Morgan fingerprint density at radius 2 is 0.953 bits per heavy atom. The third-order valence-corrected chi connectivity index (χ3v) is 13.5. The fourth-order valence-corrected chi connectivity index (χ4v) is 11.0. The molecule has 0 radical (unpaired) electrons. The molecule has 11 aromatic rings. The van der Waals surface area contributed by atoms with Crippen molar-refractivity contribution < 1.29 is 4.74 Å². The topological polar surface area (TPSA) is 41.2 Å². The summed E-state index contributed by atoms with van der Waals surface area (Å²) in [5, 5.41) is 14.5. The van der Waals surface area contributed by atoms with Crippen LogP contribution in [0.2, 0.25) is 0 Å². The average molecular weight is 816 g/mol. The molecule has 4 nitrogen and oxygen atoms in total. The van der Waals surface area contributed by atoms with Crippen molar-refractivity contribution >= 4 is 49.6 Å². The molecular weight excluding hydrogens is 779 g/mol. The zero-order valence-corrected chi connectivity index (χ0v) is 34.6. The van der Waals surface area contributed by atoms with Gasteiger partial charge in [0.25, 0.3) is 0 Å². The van der Waals surface area contributed by atoms with Crippen LogP contribution in [0.4, 0.5) is 17.1 Å². The molecule has 2 aliphatic rings. The summed E-state index contributed by atoms with van der Waals surface area (Å²) in [5.41, 5.74) is 15.6. The van der Waals surface area contributed by atoms with E-state index in [2.05, 4.69) is 222 Å². The van der Waals surface area contributed by atoms with E-state index in [0.717, 1.165) is 78.0 Å².